The van der Waals surface area contributed by atoms with Crippen LogP contribution in [0.25, 0.3) is 0 Å². The number of aromatic nitrogens is 1. The molecule has 1 unspecified atom stereocenters. The number of carbonyl (C=O) groups is 1. The highest BCUT2D eigenvalue weighted by atomic mass is 16.5. The van der Waals surface area contributed by atoms with Gasteiger partial charge in [-0.1, -0.05) is 6.07 Å². The van der Waals surface area contributed by atoms with Crippen molar-refractivity contribution < 1.29 is 14.3 Å². The van der Waals surface area contributed by atoms with Gasteiger partial charge in [-0.2, -0.15) is 0 Å². The molecule has 3 aliphatic rings. The van der Waals surface area contributed by atoms with E-state index in [-0.39, 0.29) is 30.1 Å². The van der Waals surface area contributed by atoms with E-state index in [1.165, 1.54) is 0 Å². The van der Waals surface area contributed by atoms with Gasteiger partial charge in [-0.05, 0) is 70.7 Å². The molecular formula is C27H36N4O3. The number of nitrogens with zero attached hydrogens (tertiary/aromatic N) is 3. The van der Waals surface area contributed by atoms with Gasteiger partial charge in [-0.3, -0.25) is 4.79 Å². The molecule has 182 valence electrons. The van der Waals surface area contributed by atoms with Gasteiger partial charge in [0.25, 0.3) is 0 Å². The minimum Gasteiger partial charge on any atom is -0.378 e. The van der Waals surface area contributed by atoms with Crippen molar-refractivity contribution in [3.63, 3.8) is 0 Å². The third-order valence-corrected chi connectivity index (χ3v) is 7.27. The lowest BCUT2D eigenvalue weighted by atomic mass is 9.85. The molecule has 1 aromatic carbocycles. The molecule has 0 radical (unpaired) electrons. The van der Waals surface area contributed by atoms with Crippen molar-refractivity contribution >= 4 is 28.8 Å². The van der Waals surface area contributed by atoms with Gasteiger partial charge in [-0.15, -0.1) is 0 Å². The van der Waals surface area contributed by atoms with E-state index < -0.39 is 0 Å². The topological polar surface area (TPSA) is 66.9 Å². The molecule has 1 aliphatic carbocycles. The molecule has 7 nitrogen and oxygen atoms in total. The van der Waals surface area contributed by atoms with Gasteiger partial charge in [0.15, 0.2) is 0 Å². The van der Waals surface area contributed by atoms with E-state index >= 15 is 0 Å². The van der Waals surface area contributed by atoms with Crippen molar-refractivity contribution in [2.75, 3.05) is 41.4 Å². The second kappa shape index (κ2) is 9.92. The average Bonchev–Trinajstić information content (AvgIpc) is 2.97. The number of hydrogen-bond donors (Lipinski definition) is 1. The van der Waals surface area contributed by atoms with Crippen LogP contribution in [0.1, 0.15) is 58.1 Å². The van der Waals surface area contributed by atoms with Crippen molar-refractivity contribution in [2.45, 2.75) is 64.7 Å². The van der Waals surface area contributed by atoms with Crippen molar-refractivity contribution in [3.8, 4) is 0 Å². The lowest BCUT2D eigenvalue weighted by Crippen LogP contribution is -2.40. The quantitative estimate of drug-likeness (QED) is 0.683. The zero-order chi connectivity index (χ0) is 23.7. The number of benzene rings is 1. The predicted octanol–water partition coefficient (Wildman–Crippen LogP) is 5.05. The maximum atomic E-state index is 14.1. The Hall–Kier alpha value is -2.64. The Morgan fingerprint density at radius 2 is 1.91 bits per heavy atom. The molecule has 1 atom stereocenters. The molecular weight excluding hydrogens is 428 g/mol. The highest BCUT2D eigenvalue weighted by Gasteiger charge is 2.36. The molecule has 1 N–H and O–H groups in total. The monoisotopic (exact) mass is 464 g/mol. The number of carbonyl (C=O) groups excluding carboxylic acids is 1. The number of fused-ring (bicyclic) bond motifs is 2. The van der Waals surface area contributed by atoms with E-state index in [0.717, 1.165) is 80.4 Å². The van der Waals surface area contributed by atoms with Gasteiger partial charge in [0.1, 0.15) is 5.82 Å². The highest BCUT2D eigenvalue weighted by molar-refractivity contribution is 6.01. The number of nitrogens with one attached hydrogen (secondary N) is 1. The third kappa shape index (κ3) is 4.64. The molecule has 34 heavy (non-hydrogen) atoms. The number of amides is 1. The number of rotatable bonds is 4. The molecule has 0 bridgehead atoms. The Morgan fingerprint density at radius 3 is 2.65 bits per heavy atom. The molecule has 3 heterocycles. The fourth-order valence-electron chi connectivity index (χ4n) is 5.51. The SMILES string of the molecule is CC(C)O[C@H]1CC[C@H](C(=O)N2c3cc(N4CCOCC4)ccc3Nc3ncccc3C2C)CC1. The third-order valence-electron chi connectivity index (χ3n) is 7.27. The fourth-order valence-corrected chi connectivity index (χ4v) is 5.51. The zero-order valence-corrected chi connectivity index (χ0v) is 20.5. The van der Waals surface area contributed by atoms with Gasteiger partial charge in [0, 0.05) is 36.5 Å². The Morgan fingerprint density at radius 1 is 1.15 bits per heavy atom. The average molecular weight is 465 g/mol. The van der Waals surface area contributed by atoms with Crippen LogP contribution in [0.4, 0.5) is 22.9 Å². The lowest BCUT2D eigenvalue weighted by molar-refractivity contribution is -0.125. The summed E-state index contributed by atoms with van der Waals surface area (Å²) in [6, 6.07) is 10.3. The molecule has 2 aromatic rings. The summed E-state index contributed by atoms with van der Waals surface area (Å²) in [5.74, 6) is 1.03. The minimum absolute atomic E-state index is 0.00702. The van der Waals surface area contributed by atoms with Crippen molar-refractivity contribution in [3.05, 3.63) is 42.1 Å². The summed E-state index contributed by atoms with van der Waals surface area (Å²) >= 11 is 0. The smallest absolute Gasteiger partial charge is 0.230 e. The first-order valence-corrected chi connectivity index (χ1v) is 12.7. The summed E-state index contributed by atoms with van der Waals surface area (Å²) in [6.45, 7) is 9.45. The molecule has 1 amide bonds. The van der Waals surface area contributed by atoms with E-state index in [4.69, 9.17) is 9.47 Å². The molecule has 2 fully saturated rings. The van der Waals surface area contributed by atoms with E-state index in [9.17, 15) is 4.79 Å². The van der Waals surface area contributed by atoms with Crippen LogP contribution in [-0.4, -0.2) is 49.4 Å². The van der Waals surface area contributed by atoms with E-state index in [2.05, 4.69) is 60.2 Å². The minimum atomic E-state index is -0.116. The number of ether oxygens (including phenoxy) is 2. The van der Waals surface area contributed by atoms with Crippen LogP contribution >= 0.6 is 0 Å². The summed E-state index contributed by atoms with van der Waals surface area (Å²) in [6.07, 6.45) is 5.90. The molecule has 1 saturated heterocycles. The van der Waals surface area contributed by atoms with Gasteiger partial charge < -0.3 is 24.6 Å². The van der Waals surface area contributed by atoms with Gasteiger partial charge in [-0.25, -0.2) is 4.98 Å². The largest absolute Gasteiger partial charge is 0.378 e. The van der Waals surface area contributed by atoms with Gasteiger partial charge in [0.2, 0.25) is 5.91 Å². The summed E-state index contributed by atoms with van der Waals surface area (Å²) in [4.78, 5) is 23.1. The number of morpholine rings is 1. The summed E-state index contributed by atoms with van der Waals surface area (Å²) in [5, 5.41) is 3.51. The first kappa shape index (κ1) is 23.1. The van der Waals surface area contributed by atoms with Crippen LogP contribution in [0.2, 0.25) is 0 Å². The number of anilines is 4. The van der Waals surface area contributed by atoms with Gasteiger partial charge >= 0.3 is 0 Å². The summed E-state index contributed by atoms with van der Waals surface area (Å²) in [5.41, 5.74) is 4.02. The maximum absolute atomic E-state index is 14.1. The van der Waals surface area contributed by atoms with Crippen molar-refractivity contribution in [1.82, 2.24) is 4.98 Å². The molecule has 0 spiro atoms. The van der Waals surface area contributed by atoms with Crippen LogP contribution in [0.3, 0.4) is 0 Å². The van der Waals surface area contributed by atoms with Crippen molar-refractivity contribution in [2.24, 2.45) is 5.92 Å². The van der Waals surface area contributed by atoms with Crippen LogP contribution in [0.15, 0.2) is 36.5 Å². The molecule has 2 aliphatic heterocycles. The molecule has 7 heteroatoms. The summed E-state index contributed by atoms with van der Waals surface area (Å²) in [7, 11) is 0. The molecule has 1 aromatic heterocycles. The normalized spacial score (nSPS) is 24.8. The highest BCUT2D eigenvalue weighted by Crippen LogP contribution is 2.44. The molecule has 1 saturated carbocycles. The van der Waals surface area contributed by atoms with E-state index in [1.807, 2.05) is 11.0 Å². The van der Waals surface area contributed by atoms with Crippen LogP contribution < -0.4 is 15.1 Å². The van der Waals surface area contributed by atoms with E-state index in [0.29, 0.717) is 0 Å². The second-order valence-electron chi connectivity index (χ2n) is 9.91. The standard InChI is InChI=1S/C27H36N4O3/c1-18(2)34-22-9-6-20(7-10-22)27(32)31-19(3)23-5-4-12-28-26(23)29-24-11-8-21(17-25(24)31)30-13-15-33-16-14-30/h4-5,8,11-12,17-20,22H,6-7,9-10,13-16H2,1-3H3,(H,28,29)/t19?,20-,22-. The van der Waals surface area contributed by atoms with E-state index in [1.54, 1.807) is 6.20 Å². The predicted molar refractivity (Wildman–Crippen MR) is 135 cm³/mol. The van der Waals surface area contributed by atoms with Crippen LogP contribution in [0.5, 0.6) is 0 Å². The Balaban J connectivity index is 1.48. The van der Waals surface area contributed by atoms with Crippen LogP contribution in [0, 0.1) is 5.92 Å². The molecule has 5 rings (SSSR count). The first-order valence-electron chi connectivity index (χ1n) is 12.7. The summed E-state index contributed by atoms with van der Waals surface area (Å²) < 4.78 is 11.6. The van der Waals surface area contributed by atoms with Gasteiger partial charge in [0.05, 0.1) is 42.8 Å². The Bertz CT molecular complexity index is 1010. The van der Waals surface area contributed by atoms with Crippen LogP contribution in [-0.2, 0) is 14.3 Å². The lowest BCUT2D eigenvalue weighted by Gasteiger charge is -2.36. The number of hydrogen-bond acceptors (Lipinski definition) is 6. The Labute approximate surface area is 202 Å². The maximum Gasteiger partial charge on any atom is 0.230 e. The Kier molecular flexibility index (Phi) is 6.75. The first-order chi connectivity index (χ1) is 16.5. The number of pyridine rings is 1. The fraction of sp³-hybridized carbons (Fsp3) is 0.556. The zero-order valence-electron chi connectivity index (χ0n) is 20.5. The van der Waals surface area contributed by atoms with Crippen molar-refractivity contribution in [1.29, 1.82) is 0 Å². The second-order valence-corrected chi connectivity index (χ2v) is 9.91.